The molecule has 2 N–H and O–H groups in total. The maximum atomic E-state index is 13.5. The number of rotatable bonds is 6. The number of benzene rings is 2. The van der Waals surface area contributed by atoms with Crippen LogP contribution in [0.1, 0.15) is 16.7 Å². The average Bonchev–Trinajstić information content (AvgIpc) is 3.22. The summed E-state index contributed by atoms with van der Waals surface area (Å²) in [6.07, 6.45) is -3.15. The Hall–Kier alpha value is -3.53. The van der Waals surface area contributed by atoms with E-state index in [1.54, 1.807) is 24.3 Å². The molecule has 0 spiro atoms. The topological polar surface area (TPSA) is 105 Å². The molecule has 2 aromatic carbocycles. The largest absolute Gasteiger partial charge is 0.493 e. The monoisotopic (exact) mass is 518 g/mol. The molecule has 0 radical (unpaired) electrons. The van der Waals surface area contributed by atoms with Crippen LogP contribution >= 0.6 is 11.8 Å². The van der Waals surface area contributed by atoms with E-state index in [1.165, 1.54) is 31.0 Å². The molecule has 2 aliphatic rings. The molecule has 2 heterocycles. The zero-order valence-corrected chi connectivity index (χ0v) is 19.8. The molecule has 0 aromatic heterocycles. The van der Waals surface area contributed by atoms with E-state index in [-0.39, 0.29) is 29.1 Å². The van der Waals surface area contributed by atoms with Gasteiger partial charge in [0.05, 0.1) is 48.5 Å². The first-order valence-electron chi connectivity index (χ1n) is 10.8. The summed E-state index contributed by atoms with van der Waals surface area (Å²) in [5.41, 5.74) is -0.634. The summed E-state index contributed by atoms with van der Waals surface area (Å²) in [7, 11) is 1.35. The van der Waals surface area contributed by atoms with Crippen molar-refractivity contribution in [1.29, 1.82) is 5.26 Å². The number of amidine groups is 1. The van der Waals surface area contributed by atoms with Crippen molar-refractivity contribution in [1.82, 2.24) is 10.6 Å². The van der Waals surface area contributed by atoms with Crippen LogP contribution in [0.15, 0.2) is 46.3 Å². The average molecular weight is 519 g/mol. The molecular weight excluding hydrogens is 497 g/mol. The van der Waals surface area contributed by atoms with Crippen LogP contribution in [-0.2, 0) is 15.7 Å². The van der Waals surface area contributed by atoms with Gasteiger partial charge in [0.15, 0.2) is 16.7 Å². The molecule has 2 saturated heterocycles. The van der Waals surface area contributed by atoms with E-state index >= 15 is 0 Å². The predicted molar refractivity (Wildman–Crippen MR) is 128 cm³/mol. The Balaban J connectivity index is 1.51. The molecule has 8 nitrogen and oxygen atoms in total. The molecule has 0 bridgehead atoms. The maximum Gasteiger partial charge on any atom is 0.420 e. The van der Waals surface area contributed by atoms with Crippen LogP contribution in [0.3, 0.4) is 0 Å². The number of amides is 1. The van der Waals surface area contributed by atoms with Crippen molar-refractivity contribution < 1.29 is 32.2 Å². The summed E-state index contributed by atoms with van der Waals surface area (Å²) in [6.45, 7) is 2.53. The molecule has 12 heteroatoms. The Morgan fingerprint density at radius 3 is 2.75 bits per heavy atom. The fraction of sp³-hybridized carbons (Fsp3) is 0.292. The van der Waals surface area contributed by atoms with E-state index in [4.69, 9.17) is 19.5 Å². The van der Waals surface area contributed by atoms with Gasteiger partial charge in [-0.25, -0.2) is 0 Å². The summed E-state index contributed by atoms with van der Waals surface area (Å²) < 4.78 is 56.9. The number of ether oxygens (including phenoxy) is 3. The second-order valence-corrected chi connectivity index (χ2v) is 8.77. The molecule has 1 amide bonds. The molecule has 1 atom stereocenters. The van der Waals surface area contributed by atoms with Gasteiger partial charge in [-0.15, -0.1) is 0 Å². The van der Waals surface area contributed by atoms with Gasteiger partial charge in [0, 0.05) is 13.1 Å². The van der Waals surface area contributed by atoms with Gasteiger partial charge < -0.3 is 24.8 Å². The van der Waals surface area contributed by atoms with Gasteiger partial charge in [0.1, 0.15) is 5.75 Å². The number of nitrogens with zero attached hydrogens (tertiary/aromatic N) is 2. The molecule has 2 aromatic rings. The number of carbonyl (C=O) groups excluding carboxylic acids is 1. The van der Waals surface area contributed by atoms with Crippen molar-refractivity contribution in [2.75, 3.05) is 33.4 Å². The number of carbonyl (C=O) groups is 1. The van der Waals surface area contributed by atoms with Crippen molar-refractivity contribution in [3.05, 3.63) is 58.0 Å². The highest BCUT2D eigenvalue weighted by Crippen LogP contribution is 2.41. The number of morpholine rings is 1. The van der Waals surface area contributed by atoms with Crippen molar-refractivity contribution in [2.24, 2.45) is 4.99 Å². The highest BCUT2D eigenvalue weighted by molar-refractivity contribution is 8.18. The van der Waals surface area contributed by atoms with E-state index in [9.17, 15) is 18.0 Å². The Labute approximate surface area is 209 Å². The lowest BCUT2D eigenvalue weighted by Crippen LogP contribution is -2.40. The zero-order chi connectivity index (χ0) is 25.7. The number of aliphatic imine (C=N–C) groups is 1. The zero-order valence-electron chi connectivity index (χ0n) is 19.0. The molecule has 0 aliphatic carbocycles. The molecule has 4 rings (SSSR count). The van der Waals surface area contributed by atoms with Crippen LogP contribution in [0.25, 0.3) is 6.08 Å². The molecular formula is C24H21F3N4O4S. The number of alkyl halides is 3. The number of hydrogen-bond donors (Lipinski definition) is 2. The first-order valence-corrected chi connectivity index (χ1v) is 11.6. The van der Waals surface area contributed by atoms with Gasteiger partial charge in [-0.1, -0.05) is 6.07 Å². The predicted octanol–water partition coefficient (Wildman–Crippen LogP) is 3.93. The lowest BCUT2D eigenvalue weighted by molar-refractivity contribution is -0.138. The van der Waals surface area contributed by atoms with Crippen LogP contribution in [0.5, 0.6) is 17.2 Å². The number of methoxy groups -OCH3 is 1. The van der Waals surface area contributed by atoms with E-state index < -0.39 is 17.5 Å². The third-order valence-corrected chi connectivity index (χ3v) is 6.16. The summed E-state index contributed by atoms with van der Waals surface area (Å²) in [4.78, 5) is 17.2. The lowest BCUT2D eigenvalue weighted by atomic mass is 10.1. The second kappa shape index (κ2) is 11.0. The van der Waals surface area contributed by atoms with E-state index in [0.29, 0.717) is 35.3 Å². The summed E-state index contributed by atoms with van der Waals surface area (Å²) in [5, 5.41) is 15.3. The van der Waals surface area contributed by atoms with Crippen LogP contribution in [0.2, 0.25) is 0 Å². The number of nitriles is 1. The van der Waals surface area contributed by atoms with Crippen LogP contribution in [0.4, 0.5) is 13.2 Å². The summed E-state index contributed by atoms with van der Waals surface area (Å²) in [5.74, 6) is -0.564. The lowest BCUT2D eigenvalue weighted by Gasteiger charge is -2.21. The smallest absolute Gasteiger partial charge is 0.420 e. The molecule has 2 aliphatic heterocycles. The van der Waals surface area contributed by atoms with Gasteiger partial charge in [0.2, 0.25) is 0 Å². The summed E-state index contributed by atoms with van der Waals surface area (Å²) >= 11 is 1.18. The van der Waals surface area contributed by atoms with E-state index in [2.05, 4.69) is 15.6 Å². The first kappa shape index (κ1) is 25.6. The highest BCUT2D eigenvalue weighted by atomic mass is 32.2. The molecule has 36 heavy (non-hydrogen) atoms. The first-order chi connectivity index (χ1) is 17.3. The Morgan fingerprint density at radius 2 is 2.06 bits per heavy atom. The Morgan fingerprint density at radius 1 is 1.25 bits per heavy atom. The maximum absolute atomic E-state index is 13.5. The SMILES string of the molecule is COc1cc(/C=C2\SC(=NCC3CNCCO3)NC2=O)ccc1Oc1ccc(C#N)cc1C(F)(F)F. The fourth-order valence-electron chi connectivity index (χ4n) is 3.46. The quantitative estimate of drug-likeness (QED) is 0.559. The molecule has 188 valence electrons. The number of nitrogens with one attached hydrogen (secondary N) is 2. The second-order valence-electron chi connectivity index (χ2n) is 7.74. The number of halogens is 3. The van der Waals surface area contributed by atoms with E-state index in [1.807, 2.05) is 0 Å². The normalized spacial score (nSPS) is 20.3. The minimum absolute atomic E-state index is 0.0433. The van der Waals surface area contributed by atoms with Crippen LogP contribution in [-0.4, -0.2) is 50.5 Å². The molecule has 1 unspecified atom stereocenters. The van der Waals surface area contributed by atoms with Crippen molar-refractivity contribution in [3.8, 4) is 23.3 Å². The highest BCUT2D eigenvalue weighted by Gasteiger charge is 2.35. The van der Waals surface area contributed by atoms with Crippen molar-refractivity contribution >= 4 is 28.9 Å². The third kappa shape index (κ3) is 6.17. The van der Waals surface area contributed by atoms with E-state index in [0.717, 1.165) is 18.7 Å². The summed E-state index contributed by atoms with van der Waals surface area (Å²) in [6, 6.07) is 9.33. The van der Waals surface area contributed by atoms with Crippen molar-refractivity contribution in [2.45, 2.75) is 12.3 Å². The third-order valence-electron chi connectivity index (χ3n) is 5.21. The number of hydrogen-bond acceptors (Lipinski definition) is 8. The van der Waals surface area contributed by atoms with Crippen LogP contribution < -0.4 is 20.1 Å². The Bertz CT molecular complexity index is 1250. The van der Waals surface area contributed by atoms with Crippen molar-refractivity contribution in [3.63, 3.8) is 0 Å². The van der Waals surface area contributed by atoms with Crippen LogP contribution in [0, 0.1) is 11.3 Å². The van der Waals surface area contributed by atoms with Gasteiger partial charge in [-0.2, -0.15) is 18.4 Å². The van der Waals surface area contributed by atoms with Gasteiger partial charge in [0.25, 0.3) is 5.91 Å². The minimum Gasteiger partial charge on any atom is -0.493 e. The van der Waals surface area contributed by atoms with Gasteiger partial charge >= 0.3 is 6.18 Å². The van der Waals surface area contributed by atoms with Gasteiger partial charge in [-0.05, 0) is 53.7 Å². The minimum atomic E-state index is -4.72. The van der Waals surface area contributed by atoms with Gasteiger partial charge in [-0.3, -0.25) is 9.79 Å². The molecule has 0 saturated carbocycles. The fourth-order valence-corrected chi connectivity index (χ4v) is 4.29. The number of thioether (sulfide) groups is 1. The standard InChI is InChI=1S/C24H21F3N4O4S/c1-33-20-9-14(10-21-22(32)31-23(36-21)30-13-16-12-29-6-7-34-16)2-5-19(20)35-18-4-3-15(11-28)8-17(18)24(25,26)27/h2-5,8-10,16,29H,6-7,12-13H2,1H3,(H,30,31,32)/b21-10-. The molecule has 2 fully saturated rings. The Kier molecular flexibility index (Phi) is 7.83.